The molecule has 0 fully saturated rings. The lowest BCUT2D eigenvalue weighted by Gasteiger charge is -2.18. The molecular weight excluding hydrogens is 244 g/mol. The lowest BCUT2D eigenvalue weighted by Crippen LogP contribution is -2.29. The molecule has 0 aromatic heterocycles. The van der Waals surface area contributed by atoms with Gasteiger partial charge >= 0.3 is 5.69 Å². The minimum atomic E-state index is -0.424. The second-order valence-corrected chi connectivity index (χ2v) is 5.08. The van der Waals surface area contributed by atoms with Crippen LogP contribution in [0.5, 0.6) is 5.75 Å². The van der Waals surface area contributed by atoms with Crippen LogP contribution < -0.4 is 10.1 Å². The van der Waals surface area contributed by atoms with Gasteiger partial charge in [0.2, 0.25) is 0 Å². The summed E-state index contributed by atoms with van der Waals surface area (Å²) in [5.74, 6) is 0.930. The van der Waals surface area contributed by atoms with Crippen LogP contribution in [0.4, 0.5) is 5.69 Å². The number of methoxy groups -OCH3 is 1. The van der Waals surface area contributed by atoms with Crippen LogP contribution >= 0.6 is 0 Å². The van der Waals surface area contributed by atoms with Crippen LogP contribution in [0.3, 0.4) is 0 Å². The third-order valence-corrected chi connectivity index (χ3v) is 3.09. The van der Waals surface area contributed by atoms with Crippen LogP contribution in [-0.2, 0) is 6.42 Å². The van der Waals surface area contributed by atoms with E-state index in [2.05, 4.69) is 19.2 Å². The quantitative estimate of drug-likeness (QED) is 0.609. The van der Waals surface area contributed by atoms with E-state index < -0.39 is 4.92 Å². The number of nitro groups is 1. The first-order valence-electron chi connectivity index (χ1n) is 6.46. The van der Waals surface area contributed by atoms with E-state index in [4.69, 9.17) is 4.74 Å². The SMILES string of the molecule is CNC(Cc1ccc([N+](=O)[O-])c(OC)c1)CC(C)C. The Hall–Kier alpha value is -1.62. The van der Waals surface area contributed by atoms with Crippen LogP contribution in [0.15, 0.2) is 18.2 Å². The maximum absolute atomic E-state index is 10.8. The lowest BCUT2D eigenvalue weighted by molar-refractivity contribution is -0.385. The summed E-state index contributed by atoms with van der Waals surface area (Å²) in [6, 6.07) is 5.43. The summed E-state index contributed by atoms with van der Waals surface area (Å²) in [4.78, 5) is 10.4. The summed E-state index contributed by atoms with van der Waals surface area (Å²) in [7, 11) is 3.39. The molecule has 5 heteroatoms. The smallest absolute Gasteiger partial charge is 0.310 e. The highest BCUT2D eigenvalue weighted by Crippen LogP contribution is 2.28. The molecule has 19 heavy (non-hydrogen) atoms. The van der Waals surface area contributed by atoms with E-state index >= 15 is 0 Å². The van der Waals surface area contributed by atoms with Gasteiger partial charge in [0, 0.05) is 12.1 Å². The third-order valence-electron chi connectivity index (χ3n) is 3.09. The molecule has 0 saturated heterocycles. The fourth-order valence-electron chi connectivity index (χ4n) is 2.16. The average molecular weight is 266 g/mol. The van der Waals surface area contributed by atoms with Gasteiger partial charge in [0.15, 0.2) is 5.75 Å². The molecule has 0 spiro atoms. The molecule has 1 aromatic carbocycles. The van der Waals surface area contributed by atoms with Crippen LogP contribution in [-0.4, -0.2) is 25.1 Å². The molecule has 0 aliphatic rings. The molecule has 0 aliphatic carbocycles. The number of hydrogen-bond acceptors (Lipinski definition) is 4. The van der Waals surface area contributed by atoms with Crippen molar-refractivity contribution in [3.8, 4) is 5.75 Å². The molecule has 0 aliphatic heterocycles. The van der Waals surface area contributed by atoms with Gasteiger partial charge in [0.25, 0.3) is 0 Å². The van der Waals surface area contributed by atoms with Crippen LogP contribution in [0.1, 0.15) is 25.8 Å². The third kappa shape index (κ3) is 4.52. The second kappa shape index (κ2) is 7.09. The Kier molecular flexibility index (Phi) is 5.76. The molecular formula is C14H22N2O3. The Morgan fingerprint density at radius 3 is 2.58 bits per heavy atom. The molecule has 0 saturated carbocycles. The molecule has 0 bridgehead atoms. The van der Waals surface area contributed by atoms with Gasteiger partial charge in [-0.2, -0.15) is 0 Å². The molecule has 1 rings (SSSR count). The predicted molar refractivity (Wildman–Crippen MR) is 75.7 cm³/mol. The van der Waals surface area contributed by atoms with E-state index in [0.717, 1.165) is 18.4 Å². The highest BCUT2D eigenvalue weighted by Gasteiger charge is 2.16. The Bertz CT molecular complexity index is 433. The summed E-state index contributed by atoms with van der Waals surface area (Å²) in [6.45, 7) is 4.36. The number of benzene rings is 1. The lowest BCUT2D eigenvalue weighted by atomic mass is 9.97. The summed E-state index contributed by atoms with van der Waals surface area (Å²) >= 11 is 0. The van der Waals surface area contributed by atoms with Gasteiger partial charge in [-0.15, -0.1) is 0 Å². The van der Waals surface area contributed by atoms with E-state index in [1.54, 1.807) is 12.1 Å². The van der Waals surface area contributed by atoms with Gasteiger partial charge in [0.05, 0.1) is 12.0 Å². The molecule has 0 amide bonds. The standard InChI is InChI=1S/C14H22N2O3/c1-10(2)7-12(15-3)8-11-5-6-13(16(17)18)14(9-11)19-4/h5-6,9-10,12,15H,7-8H2,1-4H3. The fraction of sp³-hybridized carbons (Fsp3) is 0.571. The first kappa shape index (κ1) is 15.4. The minimum Gasteiger partial charge on any atom is -0.490 e. The van der Waals surface area contributed by atoms with Gasteiger partial charge in [-0.3, -0.25) is 10.1 Å². The molecule has 5 nitrogen and oxygen atoms in total. The maximum atomic E-state index is 10.8. The van der Waals surface area contributed by atoms with Crippen LogP contribution in [0.2, 0.25) is 0 Å². The zero-order valence-electron chi connectivity index (χ0n) is 12.0. The summed E-state index contributed by atoms with van der Waals surface area (Å²) in [5, 5.41) is 14.1. The van der Waals surface area contributed by atoms with Crippen molar-refractivity contribution in [2.45, 2.75) is 32.7 Å². The van der Waals surface area contributed by atoms with Gasteiger partial charge in [0.1, 0.15) is 0 Å². The number of rotatable bonds is 7. The normalized spacial score (nSPS) is 12.5. The van der Waals surface area contributed by atoms with Crippen molar-refractivity contribution >= 4 is 5.69 Å². The Balaban J connectivity index is 2.87. The van der Waals surface area contributed by atoms with E-state index in [1.165, 1.54) is 13.2 Å². The van der Waals surface area contributed by atoms with E-state index in [-0.39, 0.29) is 5.69 Å². The van der Waals surface area contributed by atoms with E-state index in [0.29, 0.717) is 17.7 Å². The number of nitrogens with zero attached hydrogens (tertiary/aromatic N) is 1. The number of ether oxygens (including phenoxy) is 1. The maximum Gasteiger partial charge on any atom is 0.310 e. The first-order chi connectivity index (χ1) is 8.97. The highest BCUT2D eigenvalue weighted by molar-refractivity contribution is 5.48. The highest BCUT2D eigenvalue weighted by atomic mass is 16.6. The molecule has 1 atom stereocenters. The average Bonchev–Trinajstić information content (AvgIpc) is 2.36. The van der Waals surface area contributed by atoms with Crippen molar-refractivity contribution in [2.75, 3.05) is 14.2 Å². The zero-order chi connectivity index (χ0) is 14.4. The number of nitrogens with one attached hydrogen (secondary N) is 1. The molecule has 1 aromatic rings. The number of hydrogen-bond donors (Lipinski definition) is 1. The molecule has 1 N–H and O–H groups in total. The van der Waals surface area contributed by atoms with Gasteiger partial charge in [-0.25, -0.2) is 0 Å². The summed E-state index contributed by atoms with van der Waals surface area (Å²) in [6.07, 6.45) is 1.90. The van der Waals surface area contributed by atoms with Crippen molar-refractivity contribution in [1.29, 1.82) is 0 Å². The second-order valence-electron chi connectivity index (χ2n) is 5.08. The predicted octanol–water partition coefficient (Wildman–Crippen LogP) is 2.78. The Morgan fingerprint density at radius 1 is 1.42 bits per heavy atom. The van der Waals surface area contributed by atoms with Crippen molar-refractivity contribution in [1.82, 2.24) is 5.32 Å². The van der Waals surface area contributed by atoms with Gasteiger partial charge < -0.3 is 10.1 Å². The Morgan fingerprint density at radius 2 is 2.11 bits per heavy atom. The van der Waals surface area contributed by atoms with E-state index in [1.807, 2.05) is 7.05 Å². The topological polar surface area (TPSA) is 64.4 Å². The summed E-state index contributed by atoms with van der Waals surface area (Å²) in [5.41, 5.74) is 1.05. The van der Waals surface area contributed by atoms with Crippen LogP contribution in [0, 0.1) is 16.0 Å². The van der Waals surface area contributed by atoms with Crippen molar-refractivity contribution in [3.63, 3.8) is 0 Å². The molecule has 1 unspecified atom stereocenters. The van der Waals surface area contributed by atoms with Gasteiger partial charge in [-0.1, -0.05) is 19.9 Å². The van der Waals surface area contributed by atoms with Gasteiger partial charge in [-0.05, 0) is 37.4 Å². The monoisotopic (exact) mass is 266 g/mol. The molecule has 106 valence electrons. The molecule has 0 radical (unpaired) electrons. The van der Waals surface area contributed by atoms with Crippen LogP contribution in [0.25, 0.3) is 0 Å². The minimum absolute atomic E-state index is 0.0103. The number of nitro benzene ring substituents is 1. The zero-order valence-corrected chi connectivity index (χ0v) is 12.0. The summed E-state index contributed by atoms with van der Waals surface area (Å²) < 4.78 is 5.08. The van der Waals surface area contributed by atoms with Crippen molar-refractivity contribution in [2.24, 2.45) is 5.92 Å². The van der Waals surface area contributed by atoms with E-state index in [9.17, 15) is 10.1 Å². The first-order valence-corrected chi connectivity index (χ1v) is 6.46. The molecule has 0 heterocycles. The largest absolute Gasteiger partial charge is 0.490 e. The number of likely N-dealkylation sites (N-methyl/N-ethyl adjacent to an activating group) is 1. The van der Waals surface area contributed by atoms with Crippen molar-refractivity contribution in [3.05, 3.63) is 33.9 Å². The Labute approximate surface area is 114 Å². The van der Waals surface area contributed by atoms with Crippen molar-refractivity contribution < 1.29 is 9.66 Å². The fourth-order valence-corrected chi connectivity index (χ4v) is 2.16.